The van der Waals surface area contributed by atoms with E-state index < -0.39 is 9.84 Å². The summed E-state index contributed by atoms with van der Waals surface area (Å²) in [6.45, 7) is 1.26. The van der Waals surface area contributed by atoms with Crippen molar-refractivity contribution < 1.29 is 8.42 Å². The van der Waals surface area contributed by atoms with Crippen LogP contribution >= 0.6 is 0 Å². The number of benzene rings is 1. The van der Waals surface area contributed by atoms with E-state index in [1.54, 1.807) is 37.4 Å². The van der Waals surface area contributed by atoms with E-state index in [9.17, 15) is 8.42 Å². The minimum absolute atomic E-state index is 0.0567. The lowest BCUT2D eigenvalue weighted by Gasteiger charge is -2.11. The van der Waals surface area contributed by atoms with Crippen molar-refractivity contribution in [3.05, 3.63) is 30.3 Å². The summed E-state index contributed by atoms with van der Waals surface area (Å²) >= 11 is 0. The molecule has 0 aliphatic heterocycles. The van der Waals surface area contributed by atoms with Crippen LogP contribution in [0, 0.1) is 5.92 Å². The molecule has 2 rings (SSSR count). The third kappa shape index (κ3) is 4.52. The van der Waals surface area contributed by atoms with Gasteiger partial charge in [-0.1, -0.05) is 18.2 Å². The van der Waals surface area contributed by atoms with Gasteiger partial charge in [-0.05, 0) is 30.9 Å². The second kappa shape index (κ2) is 6.74. The Morgan fingerprint density at radius 3 is 2.55 bits per heavy atom. The average Bonchev–Trinajstić information content (AvgIpc) is 3.27. The fourth-order valence-electron chi connectivity index (χ4n) is 1.83. The van der Waals surface area contributed by atoms with Crippen molar-refractivity contribution in [2.45, 2.75) is 17.7 Å². The summed E-state index contributed by atoms with van der Waals surface area (Å²) in [5.74, 6) is 1.47. The molecule has 0 saturated heterocycles. The maximum absolute atomic E-state index is 12.1. The fourth-order valence-corrected chi connectivity index (χ4v) is 3.01. The summed E-state index contributed by atoms with van der Waals surface area (Å²) < 4.78 is 24.2. The van der Waals surface area contributed by atoms with Gasteiger partial charge in [0.05, 0.1) is 10.6 Å². The number of aliphatic imine (C=N–C) groups is 1. The highest BCUT2D eigenvalue weighted by Crippen LogP contribution is 2.27. The van der Waals surface area contributed by atoms with Crippen LogP contribution in [0.2, 0.25) is 0 Å². The Bertz CT molecular complexity index is 551. The Balaban J connectivity index is 1.79. The minimum Gasteiger partial charge on any atom is -0.356 e. The molecule has 0 unspecified atom stereocenters. The first-order chi connectivity index (χ1) is 9.62. The maximum Gasteiger partial charge on any atom is 0.191 e. The summed E-state index contributed by atoms with van der Waals surface area (Å²) in [5, 5.41) is 6.24. The molecule has 0 bridgehead atoms. The highest BCUT2D eigenvalue weighted by Gasteiger charge is 2.21. The molecule has 0 atom stereocenters. The summed E-state index contributed by atoms with van der Waals surface area (Å²) in [7, 11) is -1.54. The number of guanidine groups is 1. The molecule has 110 valence electrons. The normalized spacial score (nSPS) is 15.9. The van der Waals surface area contributed by atoms with Gasteiger partial charge >= 0.3 is 0 Å². The Morgan fingerprint density at radius 1 is 1.25 bits per heavy atom. The van der Waals surface area contributed by atoms with Gasteiger partial charge in [-0.2, -0.15) is 0 Å². The van der Waals surface area contributed by atoms with Gasteiger partial charge in [-0.15, -0.1) is 0 Å². The monoisotopic (exact) mass is 295 g/mol. The van der Waals surface area contributed by atoms with Crippen molar-refractivity contribution in [1.82, 2.24) is 10.6 Å². The minimum atomic E-state index is -3.23. The van der Waals surface area contributed by atoms with Crippen LogP contribution in [-0.4, -0.2) is 40.3 Å². The van der Waals surface area contributed by atoms with Gasteiger partial charge in [0.15, 0.2) is 15.8 Å². The van der Waals surface area contributed by atoms with E-state index in [4.69, 9.17) is 0 Å². The molecule has 1 aliphatic rings. The molecule has 1 aliphatic carbocycles. The summed E-state index contributed by atoms with van der Waals surface area (Å²) in [6, 6.07) is 8.51. The molecular formula is C14H21N3O2S. The molecule has 1 aromatic rings. The molecule has 6 heteroatoms. The van der Waals surface area contributed by atoms with Crippen LogP contribution in [0.15, 0.2) is 40.2 Å². The summed E-state index contributed by atoms with van der Waals surface area (Å²) in [4.78, 5) is 4.44. The zero-order valence-electron chi connectivity index (χ0n) is 11.7. The van der Waals surface area contributed by atoms with E-state index in [0.29, 0.717) is 17.4 Å². The molecule has 1 saturated carbocycles. The van der Waals surface area contributed by atoms with E-state index in [1.165, 1.54) is 12.8 Å². The maximum atomic E-state index is 12.1. The van der Waals surface area contributed by atoms with Crippen LogP contribution in [0.3, 0.4) is 0 Å². The molecule has 5 nitrogen and oxygen atoms in total. The van der Waals surface area contributed by atoms with Crippen LogP contribution < -0.4 is 10.6 Å². The Hall–Kier alpha value is -1.56. The molecule has 0 heterocycles. The van der Waals surface area contributed by atoms with Gasteiger partial charge in [0.1, 0.15) is 0 Å². The standard InChI is InChI=1S/C14H21N3O2S/c1-15-14(17-11-12-7-8-12)16-9-10-20(18,19)13-5-3-2-4-6-13/h2-6,12H,7-11H2,1H3,(H2,15,16,17). The predicted octanol–water partition coefficient (Wildman–Crippen LogP) is 1.04. The van der Waals surface area contributed by atoms with Gasteiger partial charge in [-0.25, -0.2) is 8.42 Å². The summed E-state index contributed by atoms with van der Waals surface area (Å²) in [5.41, 5.74) is 0. The molecule has 1 fully saturated rings. The number of nitrogens with zero attached hydrogens (tertiary/aromatic N) is 1. The quantitative estimate of drug-likeness (QED) is 0.607. The number of hydrogen-bond donors (Lipinski definition) is 2. The van der Waals surface area contributed by atoms with Crippen molar-refractivity contribution in [3.63, 3.8) is 0 Å². The SMILES string of the molecule is CN=C(NCCS(=O)(=O)c1ccccc1)NCC1CC1. The lowest BCUT2D eigenvalue weighted by molar-refractivity contribution is 0.594. The topological polar surface area (TPSA) is 70.6 Å². The first kappa shape index (κ1) is 14.8. The molecule has 0 amide bonds. The van der Waals surface area contributed by atoms with Gasteiger partial charge in [0.25, 0.3) is 0 Å². The number of nitrogens with one attached hydrogen (secondary N) is 2. The molecule has 1 aromatic carbocycles. The highest BCUT2D eigenvalue weighted by molar-refractivity contribution is 7.91. The number of sulfone groups is 1. The first-order valence-electron chi connectivity index (χ1n) is 6.84. The van der Waals surface area contributed by atoms with Gasteiger partial charge < -0.3 is 10.6 Å². The predicted molar refractivity (Wildman–Crippen MR) is 80.6 cm³/mol. The smallest absolute Gasteiger partial charge is 0.191 e. The second-order valence-corrected chi connectivity index (χ2v) is 7.06. The zero-order valence-corrected chi connectivity index (χ0v) is 12.5. The van der Waals surface area contributed by atoms with Gasteiger partial charge in [0, 0.05) is 20.1 Å². The van der Waals surface area contributed by atoms with E-state index in [2.05, 4.69) is 15.6 Å². The van der Waals surface area contributed by atoms with Crippen LogP contribution in [0.4, 0.5) is 0 Å². The van der Waals surface area contributed by atoms with Crippen molar-refractivity contribution in [1.29, 1.82) is 0 Å². The van der Waals surface area contributed by atoms with Crippen molar-refractivity contribution in [2.75, 3.05) is 25.9 Å². The largest absolute Gasteiger partial charge is 0.356 e. The molecule has 0 spiro atoms. The zero-order chi connectivity index (χ0) is 14.4. The van der Waals surface area contributed by atoms with Crippen LogP contribution in [-0.2, 0) is 9.84 Å². The lowest BCUT2D eigenvalue weighted by atomic mass is 10.4. The molecule has 0 aromatic heterocycles. The fraction of sp³-hybridized carbons (Fsp3) is 0.500. The Labute approximate surface area is 120 Å². The molecular weight excluding hydrogens is 274 g/mol. The average molecular weight is 295 g/mol. The van der Waals surface area contributed by atoms with Crippen LogP contribution in [0.5, 0.6) is 0 Å². The van der Waals surface area contributed by atoms with Crippen molar-refractivity contribution in [2.24, 2.45) is 10.9 Å². The number of rotatable bonds is 6. The van der Waals surface area contributed by atoms with Crippen molar-refractivity contribution >= 4 is 15.8 Å². The third-order valence-corrected chi connectivity index (χ3v) is 4.98. The van der Waals surface area contributed by atoms with Crippen molar-refractivity contribution in [3.8, 4) is 0 Å². The number of hydrogen-bond acceptors (Lipinski definition) is 3. The molecule has 20 heavy (non-hydrogen) atoms. The second-order valence-electron chi connectivity index (χ2n) is 4.96. The molecule has 0 radical (unpaired) electrons. The van der Waals surface area contributed by atoms with Crippen LogP contribution in [0.1, 0.15) is 12.8 Å². The van der Waals surface area contributed by atoms with Gasteiger partial charge in [-0.3, -0.25) is 4.99 Å². The Kier molecular flexibility index (Phi) is 5.00. The highest BCUT2D eigenvalue weighted by atomic mass is 32.2. The van der Waals surface area contributed by atoms with E-state index in [-0.39, 0.29) is 5.75 Å². The van der Waals surface area contributed by atoms with E-state index in [0.717, 1.165) is 12.5 Å². The van der Waals surface area contributed by atoms with E-state index >= 15 is 0 Å². The third-order valence-electron chi connectivity index (χ3n) is 3.24. The van der Waals surface area contributed by atoms with Crippen LogP contribution in [0.25, 0.3) is 0 Å². The lowest BCUT2D eigenvalue weighted by Crippen LogP contribution is -2.40. The Morgan fingerprint density at radius 2 is 1.95 bits per heavy atom. The van der Waals surface area contributed by atoms with E-state index in [1.807, 2.05) is 0 Å². The van der Waals surface area contributed by atoms with Gasteiger partial charge in [0.2, 0.25) is 0 Å². The first-order valence-corrected chi connectivity index (χ1v) is 8.49. The molecule has 2 N–H and O–H groups in total. The summed E-state index contributed by atoms with van der Waals surface area (Å²) in [6.07, 6.45) is 2.54.